The van der Waals surface area contributed by atoms with Gasteiger partial charge in [-0.3, -0.25) is 0 Å². The summed E-state index contributed by atoms with van der Waals surface area (Å²) in [6.45, 7) is 6.69. The number of hydrogen-bond donors (Lipinski definition) is 1. The average Bonchev–Trinajstić information content (AvgIpc) is 1.99. The largest absolute Gasteiger partial charge is 0.387 e. The van der Waals surface area contributed by atoms with Gasteiger partial charge in [0.05, 0.1) is 0 Å². The van der Waals surface area contributed by atoms with Crippen molar-refractivity contribution in [1.29, 1.82) is 0 Å². The number of allylic oxidation sites excluding steroid dienone is 2. The van der Waals surface area contributed by atoms with E-state index in [1.807, 2.05) is 0 Å². The van der Waals surface area contributed by atoms with Gasteiger partial charge in [-0.2, -0.15) is 0 Å². The minimum Gasteiger partial charge on any atom is -0.387 e. The van der Waals surface area contributed by atoms with Gasteiger partial charge in [0.1, 0.15) is 6.10 Å². The summed E-state index contributed by atoms with van der Waals surface area (Å²) in [5, 5.41) is 9.19. The molecule has 0 aliphatic heterocycles. The van der Waals surface area contributed by atoms with Crippen LogP contribution in [0.5, 0.6) is 0 Å². The molecule has 13 heavy (non-hydrogen) atoms. The van der Waals surface area contributed by atoms with Gasteiger partial charge in [0.15, 0.2) is 0 Å². The molecular formula is C10H18F2O. The molecule has 0 spiro atoms. The van der Waals surface area contributed by atoms with E-state index in [4.69, 9.17) is 0 Å². The van der Waals surface area contributed by atoms with Crippen LogP contribution in [-0.4, -0.2) is 17.1 Å². The molecule has 1 unspecified atom stereocenters. The maximum absolute atomic E-state index is 13.1. The molecule has 0 aromatic heterocycles. The van der Waals surface area contributed by atoms with Crippen molar-refractivity contribution in [3.63, 3.8) is 0 Å². The first-order valence-electron chi connectivity index (χ1n) is 4.46. The van der Waals surface area contributed by atoms with E-state index in [1.165, 1.54) is 6.08 Å². The van der Waals surface area contributed by atoms with E-state index < -0.39 is 17.9 Å². The van der Waals surface area contributed by atoms with Crippen molar-refractivity contribution < 1.29 is 13.9 Å². The van der Waals surface area contributed by atoms with E-state index in [0.717, 1.165) is 5.57 Å². The Morgan fingerprint density at radius 3 is 2.15 bits per heavy atom. The molecule has 1 N–H and O–H groups in total. The fourth-order valence-electron chi connectivity index (χ4n) is 0.949. The maximum atomic E-state index is 13.1. The van der Waals surface area contributed by atoms with Gasteiger partial charge in [-0.15, -0.1) is 0 Å². The van der Waals surface area contributed by atoms with E-state index in [0.29, 0.717) is 0 Å². The summed E-state index contributed by atoms with van der Waals surface area (Å²) in [6.07, 6.45) is -0.483. The first kappa shape index (κ1) is 12.6. The van der Waals surface area contributed by atoms with Crippen molar-refractivity contribution in [2.24, 2.45) is 5.92 Å². The van der Waals surface area contributed by atoms with Gasteiger partial charge in [-0.1, -0.05) is 25.5 Å². The van der Waals surface area contributed by atoms with Crippen LogP contribution in [0.25, 0.3) is 0 Å². The van der Waals surface area contributed by atoms with E-state index >= 15 is 0 Å². The number of hydrogen-bond acceptors (Lipinski definition) is 1. The Bertz CT molecular complexity index is 181. The second kappa shape index (κ2) is 4.70. The second-order valence-corrected chi connectivity index (χ2v) is 3.94. The lowest BCUT2D eigenvalue weighted by Crippen LogP contribution is -2.37. The Balaban J connectivity index is 4.30. The van der Waals surface area contributed by atoms with Crippen LogP contribution >= 0.6 is 0 Å². The molecule has 0 heterocycles. The highest BCUT2D eigenvalue weighted by molar-refractivity contribution is 4.97. The molecule has 0 aromatic rings. The fourth-order valence-corrected chi connectivity index (χ4v) is 0.949. The Morgan fingerprint density at radius 1 is 1.38 bits per heavy atom. The number of aliphatic hydroxyl groups excluding tert-OH is 1. The average molecular weight is 192 g/mol. The molecule has 1 atom stereocenters. The third-order valence-corrected chi connectivity index (χ3v) is 1.85. The first-order valence-corrected chi connectivity index (χ1v) is 4.46. The minimum absolute atomic E-state index is 0.380. The molecule has 0 fully saturated rings. The monoisotopic (exact) mass is 192 g/mol. The molecule has 0 radical (unpaired) electrons. The third-order valence-electron chi connectivity index (χ3n) is 1.85. The van der Waals surface area contributed by atoms with Gasteiger partial charge in [-0.05, 0) is 19.8 Å². The molecule has 0 bridgehead atoms. The second-order valence-electron chi connectivity index (χ2n) is 3.94. The maximum Gasteiger partial charge on any atom is 0.277 e. The third kappa shape index (κ3) is 4.36. The van der Waals surface area contributed by atoms with Crippen LogP contribution in [0.2, 0.25) is 0 Å². The first-order chi connectivity index (χ1) is 5.77. The predicted molar refractivity (Wildman–Crippen MR) is 49.8 cm³/mol. The fraction of sp³-hybridized carbons (Fsp3) is 0.800. The summed E-state index contributed by atoms with van der Waals surface area (Å²) in [5.74, 6) is -3.42. The molecule has 0 saturated carbocycles. The van der Waals surface area contributed by atoms with Crippen LogP contribution in [0.4, 0.5) is 8.78 Å². The molecular weight excluding hydrogens is 174 g/mol. The van der Waals surface area contributed by atoms with Crippen LogP contribution in [0.3, 0.4) is 0 Å². The topological polar surface area (TPSA) is 20.2 Å². The summed E-state index contributed by atoms with van der Waals surface area (Å²) in [7, 11) is 0. The molecule has 0 rings (SSSR count). The molecule has 3 heteroatoms. The van der Waals surface area contributed by atoms with Gasteiger partial charge in [0.2, 0.25) is 0 Å². The van der Waals surface area contributed by atoms with Crippen molar-refractivity contribution in [3.05, 3.63) is 11.6 Å². The standard InChI is InChI=1S/C10H18F2O/c1-7(2)5-6-10(11,12)9(13)8(3)4/h5,8-9,13H,6H2,1-4H3. The zero-order chi connectivity index (χ0) is 10.6. The number of alkyl halides is 2. The zero-order valence-corrected chi connectivity index (χ0v) is 8.64. The summed E-state index contributed by atoms with van der Waals surface area (Å²) in [6, 6.07) is 0. The molecule has 0 aromatic carbocycles. The highest BCUT2D eigenvalue weighted by Crippen LogP contribution is 2.28. The van der Waals surface area contributed by atoms with E-state index in [2.05, 4.69) is 0 Å². The van der Waals surface area contributed by atoms with Crippen molar-refractivity contribution in [2.45, 2.75) is 46.1 Å². The lowest BCUT2D eigenvalue weighted by atomic mass is 9.98. The molecule has 0 saturated heterocycles. The molecule has 0 amide bonds. The van der Waals surface area contributed by atoms with Gasteiger partial charge >= 0.3 is 0 Å². The van der Waals surface area contributed by atoms with Crippen molar-refractivity contribution >= 4 is 0 Å². The van der Waals surface area contributed by atoms with Crippen LogP contribution < -0.4 is 0 Å². The van der Waals surface area contributed by atoms with Gasteiger partial charge in [-0.25, -0.2) is 8.78 Å². The zero-order valence-electron chi connectivity index (χ0n) is 8.64. The normalized spacial score (nSPS) is 14.5. The number of rotatable bonds is 4. The highest BCUT2D eigenvalue weighted by atomic mass is 19.3. The molecule has 0 aliphatic rings. The summed E-state index contributed by atoms with van der Waals surface area (Å²) < 4.78 is 26.3. The summed E-state index contributed by atoms with van der Waals surface area (Å²) in [4.78, 5) is 0. The van der Waals surface area contributed by atoms with Crippen molar-refractivity contribution in [1.82, 2.24) is 0 Å². The Hall–Kier alpha value is -0.440. The van der Waals surface area contributed by atoms with Gasteiger partial charge in [0.25, 0.3) is 5.92 Å². The quantitative estimate of drug-likeness (QED) is 0.679. The van der Waals surface area contributed by atoms with Gasteiger partial charge < -0.3 is 5.11 Å². The Kier molecular flexibility index (Phi) is 4.54. The van der Waals surface area contributed by atoms with Crippen LogP contribution in [-0.2, 0) is 0 Å². The van der Waals surface area contributed by atoms with Crippen LogP contribution in [0.15, 0.2) is 11.6 Å². The molecule has 0 aliphatic carbocycles. The molecule has 1 nitrogen and oxygen atoms in total. The Labute approximate surface area is 78.5 Å². The van der Waals surface area contributed by atoms with Crippen molar-refractivity contribution in [2.75, 3.05) is 0 Å². The predicted octanol–water partition coefficient (Wildman–Crippen LogP) is 2.99. The van der Waals surface area contributed by atoms with E-state index in [1.54, 1.807) is 27.7 Å². The number of aliphatic hydroxyl groups is 1. The number of halogens is 2. The van der Waals surface area contributed by atoms with E-state index in [9.17, 15) is 13.9 Å². The summed E-state index contributed by atoms with van der Waals surface area (Å²) >= 11 is 0. The lowest BCUT2D eigenvalue weighted by molar-refractivity contribution is -0.123. The highest BCUT2D eigenvalue weighted by Gasteiger charge is 2.38. The summed E-state index contributed by atoms with van der Waals surface area (Å²) in [5.41, 5.74) is 0.843. The van der Waals surface area contributed by atoms with Gasteiger partial charge in [0, 0.05) is 6.42 Å². The SMILES string of the molecule is CC(C)=CCC(F)(F)C(O)C(C)C. The van der Waals surface area contributed by atoms with Crippen molar-refractivity contribution in [3.8, 4) is 0 Å². The van der Waals surface area contributed by atoms with Crippen LogP contribution in [0.1, 0.15) is 34.1 Å². The van der Waals surface area contributed by atoms with Crippen LogP contribution in [0, 0.1) is 5.92 Å². The molecule has 78 valence electrons. The minimum atomic E-state index is -3.01. The van der Waals surface area contributed by atoms with E-state index in [-0.39, 0.29) is 6.42 Å². The smallest absolute Gasteiger partial charge is 0.277 e. The Morgan fingerprint density at radius 2 is 1.85 bits per heavy atom. The lowest BCUT2D eigenvalue weighted by Gasteiger charge is -2.24.